The second kappa shape index (κ2) is 6.54. The molecule has 1 aliphatic rings. The molecule has 0 aliphatic carbocycles. The molecule has 5 heteroatoms. The predicted octanol–water partition coefficient (Wildman–Crippen LogP) is 5.30. The third kappa shape index (κ3) is 3.40. The smallest absolute Gasteiger partial charge is 0.418 e. The first-order valence-corrected chi connectivity index (χ1v) is 9.33. The van der Waals surface area contributed by atoms with Crippen LogP contribution in [0, 0.1) is 0 Å². The maximum atomic E-state index is 13.1. The van der Waals surface area contributed by atoms with Gasteiger partial charge in [-0.2, -0.15) is 0 Å². The van der Waals surface area contributed by atoms with E-state index in [2.05, 4.69) is 15.9 Å². The molecule has 1 heterocycles. The Kier molecular flexibility index (Phi) is 4.69. The summed E-state index contributed by atoms with van der Waals surface area (Å²) in [6.45, 7) is 7.30. The van der Waals surface area contributed by atoms with Gasteiger partial charge in [-0.15, -0.1) is 0 Å². The molecule has 0 saturated carbocycles. The van der Waals surface area contributed by atoms with E-state index in [1.54, 1.807) is 26.8 Å². The minimum Gasteiger partial charge on any atom is -0.443 e. The van der Waals surface area contributed by atoms with Crippen molar-refractivity contribution in [2.24, 2.45) is 0 Å². The van der Waals surface area contributed by atoms with Crippen LogP contribution >= 0.6 is 15.9 Å². The molecule has 26 heavy (non-hydrogen) atoms. The molecule has 1 aliphatic heterocycles. The van der Waals surface area contributed by atoms with E-state index in [4.69, 9.17) is 4.74 Å². The number of nitrogens with zero attached hydrogens (tertiary/aromatic N) is 1. The second-order valence-corrected chi connectivity index (χ2v) is 8.66. The van der Waals surface area contributed by atoms with Crippen LogP contribution in [0.3, 0.4) is 0 Å². The lowest BCUT2D eigenvalue weighted by Crippen LogP contribution is -2.49. The fourth-order valence-electron chi connectivity index (χ4n) is 3.37. The van der Waals surface area contributed by atoms with Gasteiger partial charge in [-0.25, -0.2) is 9.69 Å². The van der Waals surface area contributed by atoms with Gasteiger partial charge in [-0.1, -0.05) is 46.3 Å². The molecule has 1 unspecified atom stereocenters. The summed E-state index contributed by atoms with van der Waals surface area (Å²) in [5.74, 6) is -0.319. The fraction of sp³-hybridized carbons (Fsp3) is 0.333. The van der Waals surface area contributed by atoms with E-state index in [9.17, 15) is 9.59 Å². The van der Waals surface area contributed by atoms with E-state index in [0.29, 0.717) is 12.0 Å². The highest BCUT2D eigenvalue weighted by molar-refractivity contribution is 9.10. The van der Waals surface area contributed by atoms with Crippen LogP contribution in [-0.2, 0) is 16.7 Å². The predicted molar refractivity (Wildman–Crippen MR) is 104 cm³/mol. The molecule has 2 aromatic carbocycles. The van der Waals surface area contributed by atoms with Crippen LogP contribution in [0.1, 0.15) is 49.2 Å². The normalized spacial score (nSPS) is 19.4. The molecule has 3 rings (SSSR count). The SMILES string of the molecule is CC(C)(C)OC(=O)N1C(=O)c2ccc(Br)cc2C1(C)Cc1ccccc1. The lowest BCUT2D eigenvalue weighted by molar-refractivity contribution is 0.00671. The zero-order valence-electron chi connectivity index (χ0n) is 15.4. The van der Waals surface area contributed by atoms with Crippen molar-refractivity contribution in [2.75, 3.05) is 0 Å². The van der Waals surface area contributed by atoms with E-state index < -0.39 is 17.2 Å². The molecule has 0 N–H and O–H groups in total. The van der Waals surface area contributed by atoms with Gasteiger partial charge < -0.3 is 4.74 Å². The van der Waals surface area contributed by atoms with Gasteiger partial charge in [-0.3, -0.25) is 4.79 Å². The van der Waals surface area contributed by atoms with Gasteiger partial charge in [0.25, 0.3) is 5.91 Å². The highest BCUT2D eigenvalue weighted by Gasteiger charge is 2.51. The number of hydrogen-bond acceptors (Lipinski definition) is 3. The summed E-state index contributed by atoms with van der Waals surface area (Å²) >= 11 is 3.48. The van der Waals surface area contributed by atoms with Crippen molar-refractivity contribution >= 4 is 27.9 Å². The molecule has 2 amide bonds. The summed E-state index contributed by atoms with van der Waals surface area (Å²) in [5, 5.41) is 0. The Morgan fingerprint density at radius 2 is 1.81 bits per heavy atom. The van der Waals surface area contributed by atoms with Crippen molar-refractivity contribution in [1.82, 2.24) is 4.90 Å². The molecule has 0 fully saturated rings. The minimum absolute atomic E-state index is 0.319. The third-order valence-corrected chi connectivity index (χ3v) is 4.95. The van der Waals surface area contributed by atoms with Crippen LogP contribution in [-0.4, -0.2) is 22.5 Å². The van der Waals surface area contributed by atoms with Crippen molar-refractivity contribution in [3.63, 3.8) is 0 Å². The first-order valence-electron chi connectivity index (χ1n) is 8.53. The van der Waals surface area contributed by atoms with Gasteiger partial charge in [0.05, 0.1) is 5.54 Å². The highest BCUT2D eigenvalue weighted by Crippen LogP contribution is 2.43. The zero-order chi connectivity index (χ0) is 19.1. The molecular formula is C21H22BrNO3. The number of fused-ring (bicyclic) bond motifs is 1. The third-order valence-electron chi connectivity index (χ3n) is 4.46. The van der Waals surface area contributed by atoms with Gasteiger partial charge >= 0.3 is 6.09 Å². The number of amides is 2. The molecule has 1 atom stereocenters. The van der Waals surface area contributed by atoms with Crippen molar-refractivity contribution in [1.29, 1.82) is 0 Å². The molecule has 0 saturated heterocycles. The Morgan fingerprint density at radius 3 is 2.42 bits per heavy atom. The van der Waals surface area contributed by atoms with E-state index in [1.807, 2.05) is 49.4 Å². The van der Waals surface area contributed by atoms with Crippen molar-refractivity contribution in [3.05, 3.63) is 69.7 Å². The monoisotopic (exact) mass is 415 g/mol. The van der Waals surface area contributed by atoms with Gasteiger partial charge in [0.2, 0.25) is 0 Å². The summed E-state index contributed by atoms with van der Waals surface area (Å²) in [7, 11) is 0. The lowest BCUT2D eigenvalue weighted by Gasteiger charge is -2.35. The van der Waals surface area contributed by atoms with Crippen LogP contribution < -0.4 is 0 Å². The Labute approximate surface area is 162 Å². The van der Waals surface area contributed by atoms with Crippen molar-refractivity contribution < 1.29 is 14.3 Å². The van der Waals surface area contributed by atoms with E-state index in [-0.39, 0.29) is 5.91 Å². The maximum absolute atomic E-state index is 13.1. The van der Waals surface area contributed by atoms with Crippen molar-refractivity contribution in [3.8, 4) is 0 Å². The molecule has 4 nitrogen and oxygen atoms in total. The first-order chi connectivity index (χ1) is 12.1. The number of halogens is 1. The van der Waals surface area contributed by atoms with Gasteiger partial charge in [-0.05, 0) is 57.0 Å². The van der Waals surface area contributed by atoms with Crippen LogP contribution in [0.5, 0.6) is 0 Å². The number of rotatable bonds is 2. The number of carbonyl (C=O) groups is 2. The van der Waals surface area contributed by atoms with Crippen LogP contribution in [0.2, 0.25) is 0 Å². The number of ether oxygens (including phenoxy) is 1. The average Bonchev–Trinajstić information content (AvgIpc) is 2.74. The molecule has 0 bridgehead atoms. The van der Waals surface area contributed by atoms with Crippen LogP contribution in [0.25, 0.3) is 0 Å². The number of carbonyl (C=O) groups excluding carboxylic acids is 2. The summed E-state index contributed by atoms with van der Waals surface area (Å²) in [6.07, 6.45) is -0.101. The maximum Gasteiger partial charge on any atom is 0.418 e. The fourth-order valence-corrected chi connectivity index (χ4v) is 3.73. The molecule has 2 aromatic rings. The van der Waals surface area contributed by atoms with Crippen LogP contribution in [0.15, 0.2) is 53.0 Å². The molecule has 136 valence electrons. The second-order valence-electron chi connectivity index (χ2n) is 7.75. The Morgan fingerprint density at radius 1 is 1.15 bits per heavy atom. The zero-order valence-corrected chi connectivity index (χ0v) is 17.0. The Hall–Kier alpha value is -2.14. The first kappa shape index (κ1) is 18.6. The van der Waals surface area contributed by atoms with Gasteiger partial charge in [0.15, 0.2) is 0 Å². The quantitative estimate of drug-likeness (QED) is 0.668. The lowest BCUT2D eigenvalue weighted by atomic mass is 9.85. The van der Waals surface area contributed by atoms with E-state index in [1.165, 1.54) is 4.90 Å². The number of benzene rings is 2. The summed E-state index contributed by atoms with van der Waals surface area (Å²) < 4.78 is 6.41. The van der Waals surface area contributed by atoms with Crippen LogP contribution in [0.4, 0.5) is 4.79 Å². The topological polar surface area (TPSA) is 46.6 Å². The standard InChI is InChI=1S/C21H22BrNO3/c1-20(2,3)26-19(25)23-18(24)16-11-10-15(22)12-17(16)21(23,4)13-14-8-6-5-7-9-14/h5-12H,13H2,1-4H3. The highest BCUT2D eigenvalue weighted by atomic mass is 79.9. The number of imide groups is 1. The molecule has 0 spiro atoms. The summed E-state index contributed by atoms with van der Waals surface area (Å²) in [6, 6.07) is 15.3. The Balaban J connectivity index is 2.10. The van der Waals surface area contributed by atoms with Gasteiger partial charge in [0.1, 0.15) is 5.60 Å². The Bertz CT molecular complexity index is 857. The van der Waals surface area contributed by atoms with Crippen molar-refractivity contribution in [2.45, 2.75) is 45.3 Å². The minimum atomic E-state index is -0.820. The largest absolute Gasteiger partial charge is 0.443 e. The average molecular weight is 416 g/mol. The van der Waals surface area contributed by atoms with E-state index >= 15 is 0 Å². The molecule has 0 radical (unpaired) electrons. The van der Waals surface area contributed by atoms with E-state index in [0.717, 1.165) is 15.6 Å². The number of hydrogen-bond donors (Lipinski definition) is 0. The molecular weight excluding hydrogens is 394 g/mol. The van der Waals surface area contributed by atoms with Gasteiger partial charge in [0, 0.05) is 16.5 Å². The summed E-state index contributed by atoms with van der Waals surface area (Å²) in [5.41, 5.74) is 0.911. The molecule has 0 aromatic heterocycles. The summed E-state index contributed by atoms with van der Waals surface area (Å²) in [4.78, 5) is 27.2.